The Labute approximate surface area is 85.6 Å². The minimum absolute atomic E-state index is 0.727. The van der Waals surface area contributed by atoms with Crippen molar-refractivity contribution in [1.82, 2.24) is 14.8 Å². The molecule has 2 rings (SSSR count). The molecule has 0 amide bonds. The van der Waals surface area contributed by atoms with E-state index in [4.69, 9.17) is 5.73 Å². The summed E-state index contributed by atoms with van der Waals surface area (Å²) in [5, 5.41) is 13.7. The van der Waals surface area contributed by atoms with Crippen molar-refractivity contribution in [3.63, 3.8) is 0 Å². The molecule has 0 unspecified atom stereocenters. The van der Waals surface area contributed by atoms with Crippen molar-refractivity contribution in [3.05, 3.63) is 11.4 Å². The molecule has 0 fully saturated rings. The van der Waals surface area contributed by atoms with Crippen molar-refractivity contribution in [1.29, 1.82) is 0 Å². The van der Waals surface area contributed by atoms with E-state index in [1.807, 2.05) is 30.1 Å². The first-order valence-electron chi connectivity index (χ1n) is 4.14. The molecule has 6 heteroatoms. The Bertz CT molecular complexity index is 444. The summed E-state index contributed by atoms with van der Waals surface area (Å²) >= 11 is 1.50. The van der Waals surface area contributed by atoms with Gasteiger partial charge in [-0.25, -0.2) is 0 Å². The fraction of sp³-hybridized carbons (Fsp3) is 0.250. The summed E-state index contributed by atoms with van der Waals surface area (Å²) in [7, 11) is 3.71. The van der Waals surface area contributed by atoms with Crippen LogP contribution >= 0.6 is 11.3 Å². The number of thiophene rings is 1. The molecule has 0 saturated heterocycles. The SMILES string of the molecule is CNc1nnc(-c2ccsc2N)n1C. The van der Waals surface area contributed by atoms with Crippen molar-refractivity contribution in [2.45, 2.75) is 0 Å². The number of anilines is 2. The number of aromatic nitrogens is 3. The van der Waals surface area contributed by atoms with Gasteiger partial charge in [-0.2, -0.15) is 0 Å². The zero-order chi connectivity index (χ0) is 10.1. The van der Waals surface area contributed by atoms with Crippen molar-refractivity contribution >= 4 is 22.3 Å². The molecule has 0 bridgehead atoms. The average molecular weight is 209 g/mol. The van der Waals surface area contributed by atoms with E-state index in [-0.39, 0.29) is 0 Å². The molecule has 2 aromatic rings. The van der Waals surface area contributed by atoms with Gasteiger partial charge in [0.15, 0.2) is 5.82 Å². The van der Waals surface area contributed by atoms with Gasteiger partial charge in [0.25, 0.3) is 0 Å². The minimum atomic E-state index is 0.727. The van der Waals surface area contributed by atoms with E-state index in [2.05, 4.69) is 15.5 Å². The zero-order valence-electron chi connectivity index (χ0n) is 7.98. The minimum Gasteiger partial charge on any atom is -0.390 e. The summed E-state index contributed by atoms with van der Waals surface area (Å²) in [6, 6.07) is 1.95. The van der Waals surface area contributed by atoms with Crippen LogP contribution in [0.15, 0.2) is 11.4 Å². The van der Waals surface area contributed by atoms with E-state index in [1.54, 1.807) is 0 Å². The van der Waals surface area contributed by atoms with Gasteiger partial charge in [-0.15, -0.1) is 21.5 Å². The lowest BCUT2D eigenvalue weighted by Crippen LogP contribution is -2.00. The number of hydrogen-bond donors (Lipinski definition) is 2. The maximum atomic E-state index is 5.81. The molecule has 0 aromatic carbocycles. The zero-order valence-corrected chi connectivity index (χ0v) is 8.80. The number of nitrogens with zero attached hydrogens (tertiary/aromatic N) is 3. The van der Waals surface area contributed by atoms with Crippen molar-refractivity contribution < 1.29 is 0 Å². The van der Waals surface area contributed by atoms with E-state index in [9.17, 15) is 0 Å². The molecular weight excluding hydrogens is 198 g/mol. The van der Waals surface area contributed by atoms with Crippen LogP contribution in [0.5, 0.6) is 0 Å². The molecule has 0 spiro atoms. The molecule has 0 aliphatic heterocycles. The summed E-state index contributed by atoms with van der Waals surface area (Å²) in [5.41, 5.74) is 6.75. The molecule has 0 atom stereocenters. The predicted molar refractivity (Wildman–Crippen MR) is 58.3 cm³/mol. The van der Waals surface area contributed by atoms with Crippen LogP contribution in [0.2, 0.25) is 0 Å². The van der Waals surface area contributed by atoms with E-state index >= 15 is 0 Å². The fourth-order valence-electron chi connectivity index (χ4n) is 1.29. The van der Waals surface area contributed by atoms with Gasteiger partial charge in [0.1, 0.15) is 0 Å². The quantitative estimate of drug-likeness (QED) is 0.779. The summed E-state index contributed by atoms with van der Waals surface area (Å²) in [4.78, 5) is 0. The Morgan fingerprint density at radius 1 is 1.50 bits per heavy atom. The van der Waals surface area contributed by atoms with E-state index < -0.39 is 0 Å². The standard InChI is InChI=1S/C8H11N5S/c1-10-8-12-11-7(13(8)2)5-3-4-14-6(5)9/h3-4H,9H2,1-2H3,(H,10,12). The third-order valence-electron chi connectivity index (χ3n) is 2.03. The molecule has 3 N–H and O–H groups in total. The molecule has 2 aromatic heterocycles. The van der Waals surface area contributed by atoms with Gasteiger partial charge in [0, 0.05) is 14.1 Å². The fourth-order valence-corrected chi connectivity index (χ4v) is 1.92. The van der Waals surface area contributed by atoms with Gasteiger partial charge in [0.2, 0.25) is 5.95 Å². The smallest absolute Gasteiger partial charge is 0.224 e. The Balaban J connectivity index is 2.52. The summed E-state index contributed by atoms with van der Waals surface area (Å²) in [5.74, 6) is 1.51. The summed E-state index contributed by atoms with van der Waals surface area (Å²) < 4.78 is 1.87. The largest absolute Gasteiger partial charge is 0.390 e. The number of nitrogen functional groups attached to an aromatic ring is 1. The van der Waals surface area contributed by atoms with Crippen LogP contribution in [0.3, 0.4) is 0 Å². The van der Waals surface area contributed by atoms with Gasteiger partial charge in [-0.3, -0.25) is 4.57 Å². The Morgan fingerprint density at radius 2 is 2.29 bits per heavy atom. The number of hydrogen-bond acceptors (Lipinski definition) is 5. The molecule has 2 heterocycles. The monoisotopic (exact) mass is 209 g/mol. The second-order valence-corrected chi connectivity index (χ2v) is 3.80. The highest BCUT2D eigenvalue weighted by Gasteiger charge is 2.12. The number of rotatable bonds is 2. The van der Waals surface area contributed by atoms with Crippen LogP contribution in [-0.4, -0.2) is 21.8 Å². The van der Waals surface area contributed by atoms with Crippen LogP contribution in [0.4, 0.5) is 10.9 Å². The van der Waals surface area contributed by atoms with E-state index in [0.29, 0.717) is 0 Å². The summed E-state index contributed by atoms with van der Waals surface area (Å²) in [6.07, 6.45) is 0. The molecule has 5 nitrogen and oxygen atoms in total. The first-order valence-corrected chi connectivity index (χ1v) is 5.02. The van der Waals surface area contributed by atoms with Crippen LogP contribution in [0, 0.1) is 0 Å². The second kappa shape index (κ2) is 3.30. The molecule has 14 heavy (non-hydrogen) atoms. The van der Waals surface area contributed by atoms with E-state index in [0.717, 1.165) is 22.3 Å². The maximum absolute atomic E-state index is 5.81. The first-order chi connectivity index (χ1) is 6.74. The number of nitrogens with one attached hydrogen (secondary N) is 1. The van der Waals surface area contributed by atoms with Gasteiger partial charge in [-0.1, -0.05) is 0 Å². The first kappa shape index (κ1) is 9.01. The van der Waals surface area contributed by atoms with Gasteiger partial charge < -0.3 is 11.1 Å². The topological polar surface area (TPSA) is 68.8 Å². The second-order valence-electron chi connectivity index (χ2n) is 2.85. The van der Waals surface area contributed by atoms with E-state index in [1.165, 1.54) is 11.3 Å². The molecule has 0 aliphatic rings. The lowest BCUT2D eigenvalue weighted by molar-refractivity contribution is 0.926. The van der Waals surface area contributed by atoms with Crippen LogP contribution in [0.25, 0.3) is 11.4 Å². The van der Waals surface area contributed by atoms with Gasteiger partial charge >= 0.3 is 0 Å². The van der Waals surface area contributed by atoms with Crippen molar-refractivity contribution in [2.75, 3.05) is 18.1 Å². The highest BCUT2D eigenvalue weighted by Crippen LogP contribution is 2.29. The highest BCUT2D eigenvalue weighted by atomic mass is 32.1. The predicted octanol–water partition coefficient (Wildman–Crippen LogP) is 1.17. The van der Waals surface area contributed by atoms with Gasteiger partial charge in [-0.05, 0) is 11.4 Å². The molecule has 74 valence electrons. The summed E-state index contributed by atoms with van der Waals surface area (Å²) in [6.45, 7) is 0. The Hall–Kier alpha value is -1.56. The third-order valence-corrected chi connectivity index (χ3v) is 2.78. The highest BCUT2D eigenvalue weighted by molar-refractivity contribution is 7.14. The Morgan fingerprint density at radius 3 is 2.79 bits per heavy atom. The molecule has 0 radical (unpaired) electrons. The Kier molecular flexibility index (Phi) is 2.12. The van der Waals surface area contributed by atoms with Crippen LogP contribution in [0.1, 0.15) is 0 Å². The normalized spacial score (nSPS) is 10.4. The third kappa shape index (κ3) is 1.24. The van der Waals surface area contributed by atoms with Crippen LogP contribution in [-0.2, 0) is 7.05 Å². The van der Waals surface area contributed by atoms with Gasteiger partial charge in [0.05, 0.1) is 10.6 Å². The van der Waals surface area contributed by atoms with Crippen molar-refractivity contribution in [2.24, 2.45) is 7.05 Å². The van der Waals surface area contributed by atoms with Crippen molar-refractivity contribution in [3.8, 4) is 11.4 Å². The lowest BCUT2D eigenvalue weighted by atomic mass is 10.3. The maximum Gasteiger partial charge on any atom is 0.224 e. The molecular formula is C8H11N5S. The molecule has 0 aliphatic carbocycles. The molecule has 0 saturated carbocycles. The average Bonchev–Trinajstić information content (AvgIpc) is 2.72. The van der Waals surface area contributed by atoms with Crippen LogP contribution < -0.4 is 11.1 Å². The number of nitrogens with two attached hydrogens (primary N) is 1. The lowest BCUT2D eigenvalue weighted by Gasteiger charge is -2.01.